The van der Waals surface area contributed by atoms with Crippen LogP contribution in [0.4, 0.5) is 0 Å². The Kier molecular flexibility index (Phi) is 1.97. The fourth-order valence-electron chi connectivity index (χ4n) is 0.723. The summed E-state index contributed by atoms with van der Waals surface area (Å²) in [5.74, 6) is 0.330. The van der Waals surface area contributed by atoms with Crippen molar-refractivity contribution in [3.05, 3.63) is 0 Å². The summed E-state index contributed by atoms with van der Waals surface area (Å²) >= 11 is 0. The maximum Gasteiger partial charge on any atom is 0.137 e. The van der Waals surface area contributed by atoms with E-state index in [1.807, 2.05) is 0 Å². The molecule has 0 amide bonds. The Balaban J connectivity index is 2.41. The van der Waals surface area contributed by atoms with Crippen molar-refractivity contribution < 1.29 is 14.2 Å². The lowest BCUT2D eigenvalue weighted by Gasteiger charge is -2.37. The molecule has 5 heteroatoms. The topological polar surface area (TPSA) is 74.8 Å². The third kappa shape index (κ3) is 2.11. The van der Waals surface area contributed by atoms with Gasteiger partial charge in [0.1, 0.15) is 6.23 Å². The van der Waals surface area contributed by atoms with Crippen molar-refractivity contribution in [3.8, 4) is 0 Å². The van der Waals surface area contributed by atoms with E-state index in [2.05, 4.69) is 5.32 Å². The summed E-state index contributed by atoms with van der Waals surface area (Å²) in [5.41, 5.74) is 0. The average Bonchev–Trinajstić information content (AvgIpc) is 1.60. The second-order valence-corrected chi connectivity index (χ2v) is 4.41. The van der Waals surface area contributed by atoms with Gasteiger partial charge in [-0.25, -0.2) is 5.32 Å². The monoisotopic (exact) mass is 152 g/mol. The molecule has 1 saturated heterocycles. The van der Waals surface area contributed by atoms with Crippen molar-refractivity contribution in [1.29, 1.82) is 0 Å². The summed E-state index contributed by atoms with van der Waals surface area (Å²) in [6.45, 7) is 0.365. The van der Waals surface area contributed by atoms with E-state index in [9.17, 15) is 0 Å². The minimum Gasteiger partial charge on any atom is -0.375 e. The van der Waals surface area contributed by atoms with Crippen LogP contribution >= 0.6 is 10.6 Å². The van der Waals surface area contributed by atoms with Gasteiger partial charge in [-0.1, -0.05) is 0 Å². The van der Waals surface area contributed by atoms with Crippen LogP contribution in [0, 0.1) is 0 Å². The summed E-state index contributed by atoms with van der Waals surface area (Å²) < 4.78 is 17.9. The molecule has 1 radical (unpaired) electrons. The summed E-state index contributed by atoms with van der Waals surface area (Å²) in [6, 6.07) is 0. The summed E-state index contributed by atoms with van der Waals surface area (Å²) in [7, 11) is -2.48. The van der Waals surface area contributed by atoms with E-state index in [4.69, 9.17) is 14.2 Å². The van der Waals surface area contributed by atoms with Gasteiger partial charge in [-0.05, 0) is 0 Å². The van der Waals surface area contributed by atoms with Gasteiger partial charge in [0, 0.05) is 6.54 Å². The number of nitrogens with zero attached hydrogens (tertiary/aromatic N) is 1. The van der Waals surface area contributed by atoms with Crippen LogP contribution in [0.15, 0.2) is 0 Å². The maximum atomic E-state index is 8.96. The molecule has 55 valence electrons. The normalized spacial score (nSPS) is 37.9. The minimum absolute atomic E-state index is 0.0208. The van der Waals surface area contributed by atoms with Gasteiger partial charge in [0.15, 0.2) is 0 Å². The quantitative estimate of drug-likeness (QED) is 0.445. The zero-order chi connectivity index (χ0) is 6.91. The standard InChI is InChI=1S/C4H10NO3S/c6-4-3-9(7,8)2-1-5-4/h4,6-8H,1-3H2. The number of rotatable bonds is 0. The van der Waals surface area contributed by atoms with E-state index in [0.717, 1.165) is 0 Å². The molecular formula is C4H10NO3S. The first-order valence-electron chi connectivity index (χ1n) is 2.68. The molecule has 1 heterocycles. The highest BCUT2D eigenvalue weighted by molar-refractivity contribution is 8.24. The lowest BCUT2D eigenvalue weighted by atomic mass is 10.6. The fourth-order valence-corrected chi connectivity index (χ4v) is 1.87. The first-order valence-corrected chi connectivity index (χ1v) is 4.57. The van der Waals surface area contributed by atoms with E-state index in [1.165, 1.54) is 0 Å². The molecule has 3 N–H and O–H groups in total. The molecule has 1 aliphatic heterocycles. The Hall–Kier alpha value is 0.190. The highest BCUT2D eigenvalue weighted by atomic mass is 32.3. The Morgan fingerprint density at radius 3 is 2.44 bits per heavy atom. The minimum atomic E-state index is -2.48. The third-order valence-electron chi connectivity index (χ3n) is 1.17. The van der Waals surface area contributed by atoms with Gasteiger partial charge in [0.2, 0.25) is 0 Å². The lowest BCUT2D eigenvalue weighted by Crippen LogP contribution is -2.37. The van der Waals surface area contributed by atoms with Crippen LogP contribution in [-0.2, 0) is 0 Å². The molecule has 0 aromatic rings. The van der Waals surface area contributed by atoms with E-state index in [1.54, 1.807) is 0 Å². The molecule has 4 nitrogen and oxygen atoms in total. The van der Waals surface area contributed by atoms with Crippen molar-refractivity contribution in [2.24, 2.45) is 0 Å². The molecule has 0 aromatic carbocycles. The van der Waals surface area contributed by atoms with Crippen LogP contribution in [0.25, 0.3) is 0 Å². The molecule has 0 spiro atoms. The smallest absolute Gasteiger partial charge is 0.137 e. The fraction of sp³-hybridized carbons (Fsp3) is 1.00. The molecule has 0 aromatic heterocycles. The number of hydrogen-bond acceptors (Lipinski definition) is 3. The van der Waals surface area contributed by atoms with Gasteiger partial charge < -0.3 is 5.11 Å². The Morgan fingerprint density at radius 2 is 2.11 bits per heavy atom. The number of hydrogen-bond donors (Lipinski definition) is 3. The predicted octanol–water partition coefficient (Wildman–Crippen LogP) is -0.327. The van der Waals surface area contributed by atoms with Crippen molar-refractivity contribution in [3.63, 3.8) is 0 Å². The molecule has 9 heavy (non-hydrogen) atoms. The van der Waals surface area contributed by atoms with Crippen LogP contribution in [-0.4, -0.2) is 38.5 Å². The van der Waals surface area contributed by atoms with Crippen LogP contribution in [0.3, 0.4) is 0 Å². The van der Waals surface area contributed by atoms with Gasteiger partial charge >= 0.3 is 0 Å². The third-order valence-corrected chi connectivity index (χ3v) is 2.84. The highest BCUT2D eigenvalue weighted by Crippen LogP contribution is 2.40. The maximum absolute atomic E-state index is 8.96. The van der Waals surface area contributed by atoms with Gasteiger partial charge in [0.25, 0.3) is 0 Å². The summed E-state index contributed by atoms with van der Waals surface area (Å²) in [4.78, 5) is 0. The van der Waals surface area contributed by atoms with Gasteiger partial charge in [-0.2, -0.15) is 10.6 Å². The number of aliphatic hydroxyl groups excluding tert-OH is 1. The molecule has 1 fully saturated rings. The largest absolute Gasteiger partial charge is 0.375 e. The molecule has 1 unspecified atom stereocenters. The Morgan fingerprint density at radius 1 is 1.44 bits per heavy atom. The number of aliphatic hydroxyl groups is 1. The molecule has 0 saturated carbocycles. The predicted molar refractivity (Wildman–Crippen MR) is 35.6 cm³/mol. The molecule has 1 aliphatic rings. The van der Waals surface area contributed by atoms with Crippen LogP contribution in [0.1, 0.15) is 0 Å². The second-order valence-electron chi connectivity index (χ2n) is 2.06. The van der Waals surface area contributed by atoms with Crippen LogP contribution in [0.2, 0.25) is 0 Å². The first kappa shape index (κ1) is 7.30. The van der Waals surface area contributed by atoms with Crippen LogP contribution in [0.5, 0.6) is 0 Å². The zero-order valence-electron chi connectivity index (χ0n) is 4.90. The average molecular weight is 152 g/mol. The highest BCUT2D eigenvalue weighted by Gasteiger charge is 2.23. The van der Waals surface area contributed by atoms with E-state index in [-0.39, 0.29) is 5.75 Å². The summed E-state index contributed by atoms with van der Waals surface area (Å²) in [5, 5.41) is 12.5. The second kappa shape index (κ2) is 2.43. The molecular weight excluding hydrogens is 142 g/mol. The lowest BCUT2D eigenvalue weighted by molar-refractivity contribution is 0.149. The van der Waals surface area contributed by atoms with Gasteiger partial charge in [0.05, 0.1) is 11.5 Å². The van der Waals surface area contributed by atoms with E-state index < -0.39 is 16.8 Å². The van der Waals surface area contributed by atoms with Crippen molar-refractivity contribution in [2.75, 3.05) is 18.1 Å². The summed E-state index contributed by atoms with van der Waals surface area (Å²) in [6.07, 6.45) is -0.858. The van der Waals surface area contributed by atoms with Crippen molar-refractivity contribution >= 4 is 10.6 Å². The first-order chi connectivity index (χ1) is 4.10. The van der Waals surface area contributed by atoms with E-state index in [0.29, 0.717) is 12.3 Å². The Bertz CT molecular complexity index is 108. The van der Waals surface area contributed by atoms with E-state index >= 15 is 0 Å². The van der Waals surface area contributed by atoms with Crippen molar-refractivity contribution in [2.45, 2.75) is 6.23 Å². The SMILES string of the molecule is OC1CS(O)(O)CC[N]1. The van der Waals surface area contributed by atoms with Gasteiger partial charge in [-0.15, -0.1) is 0 Å². The molecule has 1 rings (SSSR count). The van der Waals surface area contributed by atoms with Gasteiger partial charge in [-0.3, -0.25) is 9.11 Å². The van der Waals surface area contributed by atoms with Crippen LogP contribution < -0.4 is 5.32 Å². The Labute approximate surface area is 55.2 Å². The molecule has 0 aliphatic carbocycles. The van der Waals surface area contributed by atoms with Crippen molar-refractivity contribution in [1.82, 2.24) is 5.32 Å². The zero-order valence-corrected chi connectivity index (χ0v) is 5.71. The molecule has 1 atom stereocenters. The molecule has 0 bridgehead atoms.